The lowest BCUT2D eigenvalue weighted by atomic mass is 9.92. The van der Waals surface area contributed by atoms with E-state index in [-0.39, 0.29) is 24.4 Å². The van der Waals surface area contributed by atoms with Crippen molar-refractivity contribution < 1.29 is 19.8 Å². The van der Waals surface area contributed by atoms with Gasteiger partial charge in [0.05, 0.1) is 6.42 Å². The van der Waals surface area contributed by atoms with Crippen molar-refractivity contribution in [2.75, 3.05) is 12.3 Å². The fraction of sp³-hybridized carbons (Fsp3) is 0.182. The van der Waals surface area contributed by atoms with Crippen LogP contribution in [0, 0.1) is 0 Å². The van der Waals surface area contributed by atoms with Crippen molar-refractivity contribution in [2.24, 2.45) is 0 Å². The number of benzene rings is 1. The van der Waals surface area contributed by atoms with Crippen LogP contribution >= 0.6 is 0 Å². The molecule has 30 heavy (non-hydrogen) atoms. The fourth-order valence-electron chi connectivity index (χ4n) is 3.19. The zero-order valence-electron chi connectivity index (χ0n) is 16.4. The molecule has 1 amide bonds. The van der Waals surface area contributed by atoms with E-state index in [9.17, 15) is 14.7 Å². The molecule has 0 saturated heterocycles. The van der Waals surface area contributed by atoms with E-state index >= 15 is 0 Å². The summed E-state index contributed by atoms with van der Waals surface area (Å²) >= 11 is 0. The largest absolute Gasteiger partial charge is 0.508 e. The second-order valence-corrected chi connectivity index (χ2v) is 6.64. The lowest BCUT2D eigenvalue weighted by Crippen LogP contribution is -2.26. The smallest absolute Gasteiger partial charge is 0.305 e. The van der Waals surface area contributed by atoms with Crippen LogP contribution in [0.15, 0.2) is 48.8 Å². The number of aromatic nitrogens is 2. The molecule has 154 valence electrons. The summed E-state index contributed by atoms with van der Waals surface area (Å²) in [6.45, 7) is 2.05. The molecule has 0 radical (unpaired) electrons. The summed E-state index contributed by atoms with van der Waals surface area (Å²) in [7, 11) is 0. The van der Waals surface area contributed by atoms with E-state index in [1.165, 1.54) is 0 Å². The number of aromatic hydroxyl groups is 1. The predicted octanol–water partition coefficient (Wildman–Crippen LogP) is 2.87. The van der Waals surface area contributed by atoms with E-state index in [0.29, 0.717) is 12.2 Å². The quantitative estimate of drug-likeness (QED) is 0.473. The van der Waals surface area contributed by atoms with Crippen LogP contribution in [0.25, 0.3) is 22.3 Å². The van der Waals surface area contributed by atoms with Crippen LogP contribution in [-0.4, -0.2) is 38.6 Å². The molecule has 0 bridgehead atoms. The molecule has 0 unspecified atom stereocenters. The number of hydrogen-bond donors (Lipinski definition) is 4. The Bertz CT molecular complexity index is 1060. The molecule has 8 heteroatoms. The highest BCUT2D eigenvalue weighted by atomic mass is 16.4. The zero-order valence-corrected chi connectivity index (χ0v) is 16.4. The van der Waals surface area contributed by atoms with Gasteiger partial charge in [-0.2, -0.15) is 0 Å². The van der Waals surface area contributed by atoms with E-state index in [2.05, 4.69) is 15.3 Å². The number of nitrogens with two attached hydrogens (primary N) is 1. The van der Waals surface area contributed by atoms with Gasteiger partial charge in [-0.25, -0.2) is 4.98 Å². The maximum atomic E-state index is 12.1. The lowest BCUT2D eigenvalue weighted by molar-refractivity contribution is -0.136. The number of carbonyl (C=O) groups excluding carboxylic acids is 1. The van der Waals surface area contributed by atoms with Crippen molar-refractivity contribution >= 4 is 17.7 Å². The first-order chi connectivity index (χ1) is 14.4. The predicted molar refractivity (Wildman–Crippen MR) is 113 cm³/mol. The second-order valence-electron chi connectivity index (χ2n) is 6.64. The van der Waals surface area contributed by atoms with Crippen molar-refractivity contribution in [3.63, 3.8) is 0 Å². The average molecular weight is 406 g/mol. The molecular formula is C22H22N4O4. The van der Waals surface area contributed by atoms with Crippen LogP contribution in [0.1, 0.15) is 29.4 Å². The van der Waals surface area contributed by atoms with Gasteiger partial charge in [0.2, 0.25) is 0 Å². The van der Waals surface area contributed by atoms with Crippen LogP contribution < -0.4 is 11.1 Å². The summed E-state index contributed by atoms with van der Waals surface area (Å²) in [5.74, 6) is -0.853. The van der Waals surface area contributed by atoms with Gasteiger partial charge in [0, 0.05) is 35.6 Å². The lowest BCUT2D eigenvalue weighted by Gasteiger charge is -2.16. The van der Waals surface area contributed by atoms with Gasteiger partial charge in [-0.15, -0.1) is 0 Å². The Balaban J connectivity index is 1.92. The van der Waals surface area contributed by atoms with Crippen molar-refractivity contribution in [3.05, 3.63) is 60.0 Å². The molecule has 0 atom stereocenters. The molecule has 0 saturated carbocycles. The third-order valence-corrected chi connectivity index (χ3v) is 4.66. The third-order valence-electron chi connectivity index (χ3n) is 4.66. The zero-order chi connectivity index (χ0) is 21.7. The molecular weight excluding hydrogens is 384 g/mol. The molecule has 0 aliphatic carbocycles. The summed E-state index contributed by atoms with van der Waals surface area (Å²) < 4.78 is 0. The Morgan fingerprint density at radius 1 is 1.03 bits per heavy atom. The number of phenols is 1. The number of nitrogens with zero attached hydrogens (tertiary/aromatic N) is 2. The summed E-state index contributed by atoms with van der Waals surface area (Å²) in [4.78, 5) is 31.2. The number of phenolic OH excluding ortho intramolecular Hbond substituents is 1. The van der Waals surface area contributed by atoms with Crippen LogP contribution in [0.2, 0.25) is 0 Å². The highest BCUT2D eigenvalue weighted by Gasteiger charge is 2.16. The number of nitrogens with one attached hydrogen (secondary N) is 1. The molecule has 0 aliphatic rings. The Morgan fingerprint density at radius 3 is 2.33 bits per heavy atom. The number of aliphatic carboxylic acids is 1. The number of nitrogen functional groups attached to an aromatic ring is 1. The minimum Gasteiger partial charge on any atom is -0.508 e. The van der Waals surface area contributed by atoms with Crippen molar-refractivity contribution in [2.45, 2.75) is 19.8 Å². The molecule has 0 aliphatic heterocycles. The van der Waals surface area contributed by atoms with Crippen molar-refractivity contribution in [1.82, 2.24) is 15.3 Å². The first kappa shape index (κ1) is 20.8. The van der Waals surface area contributed by atoms with Gasteiger partial charge in [0.25, 0.3) is 5.91 Å². The molecule has 3 rings (SSSR count). The molecule has 2 heterocycles. The molecule has 3 aromatic rings. The Labute approximate surface area is 173 Å². The number of anilines is 1. The summed E-state index contributed by atoms with van der Waals surface area (Å²) in [5, 5.41) is 20.7. The van der Waals surface area contributed by atoms with Crippen LogP contribution in [0.5, 0.6) is 5.75 Å². The number of carboxylic acid groups (broad SMARTS) is 1. The Kier molecular flexibility index (Phi) is 6.26. The van der Waals surface area contributed by atoms with E-state index in [0.717, 1.165) is 27.8 Å². The molecule has 2 aromatic heterocycles. The molecule has 0 spiro atoms. The van der Waals surface area contributed by atoms with Crippen molar-refractivity contribution in [1.29, 1.82) is 0 Å². The van der Waals surface area contributed by atoms with Gasteiger partial charge < -0.3 is 21.3 Å². The number of rotatable bonds is 7. The van der Waals surface area contributed by atoms with Gasteiger partial charge >= 0.3 is 5.97 Å². The normalized spacial score (nSPS) is 10.6. The van der Waals surface area contributed by atoms with Gasteiger partial charge in [0.15, 0.2) is 0 Å². The highest BCUT2D eigenvalue weighted by Crippen LogP contribution is 2.36. The minimum atomic E-state index is -0.981. The molecule has 1 aromatic carbocycles. The van der Waals surface area contributed by atoms with Gasteiger partial charge in [-0.3, -0.25) is 14.6 Å². The first-order valence-corrected chi connectivity index (χ1v) is 9.43. The average Bonchev–Trinajstić information content (AvgIpc) is 2.74. The molecule has 8 nitrogen and oxygen atoms in total. The SMILES string of the molecule is CCc1c(-c2ccc(C(=O)NCCC(=O)O)nc2)cnc(N)c1-c1ccc(O)cc1. The third kappa shape index (κ3) is 4.54. The number of carboxylic acids is 1. The molecule has 5 N–H and O–H groups in total. The van der Waals surface area contributed by atoms with Crippen LogP contribution in [0.3, 0.4) is 0 Å². The van der Waals surface area contributed by atoms with E-state index in [1.807, 2.05) is 6.92 Å². The van der Waals surface area contributed by atoms with E-state index < -0.39 is 11.9 Å². The Morgan fingerprint density at radius 2 is 1.73 bits per heavy atom. The summed E-state index contributed by atoms with van der Waals surface area (Å²) in [5.41, 5.74) is 10.6. The van der Waals surface area contributed by atoms with Crippen LogP contribution in [-0.2, 0) is 11.2 Å². The van der Waals surface area contributed by atoms with Gasteiger partial charge in [-0.05, 0) is 35.7 Å². The first-order valence-electron chi connectivity index (χ1n) is 9.43. The highest BCUT2D eigenvalue weighted by molar-refractivity contribution is 5.93. The number of pyridine rings is 2. The topological polar surface area (TPSA) is 138 Å². The summed E-state index contributed by atoms with van der Waals surface area (Å²) in [6, 6.07) is 10.1. The van der Waals surface area contributed by atoms with Crippen molar-refractivity contribution in [3.8, 4) is 28.0 Å². The molecule has 0 fully saturated rings. The summed E-state index contributed by atoms with van der Waals surface area (Å²) in [6.07, 6.45) is 3.80. The van der Waals surface area contributed by atoms with E-state index in [1.54, 1.807) is 48.8 Å². The monoisotopic (exact) mass is 406 g/mol. The maximum Gasteiger partial charge on any atom is 0.305 e. The van der Waals surface area contributed by atoms with Gasteiger partial charge in [-0.1, -0.05) is 25.1 Å². The maximum absolute atomic E-state index is 12.1. The number of hydrogen-bond acceptors (Lipinski definition) is 6. The Hall–Kier alpha value is -3.94. The number of amides is 1. The van der Waals surface area contributed by atoms with Crippen LogP contribution in [0.4, 0.5) is 5.82 Å². The van der Waals surface area contributed by atoms with Gasteiger partial charge in [0.1, 0.15) is 17.3 Å². The standard InChI is InChI=1S/C22H22N4O4/c1-2-16-17(12-26-21(23)20(16)13-3-6-15(27)7-4-13)14-5-8-18(25-11-14)22(30)24-10-9-19(28)29/h3-8,11-12,27H,2,9-10H2,1H3,(H2,23,26)(H,24,30)(H,28,29). The van der Waals surface area contributed by atoms with E-state index in [4.69, 9.17) is 10.8 Å². The fourth-order valence-corrected chi connectivity index (χ4v) is 3.19. The minimum absolute atomic E-state index is 0.0372. The number of carbonyl (C=O) groups is 2. The second kappa shape index (κ2) is 9.04.